The van der Waals surface area contributed by atoms with Crippen LogP contribution in [0.25, 0.3) is 0 Å². The van der Waals surface area contributed by atoms with Gasteiger partial charge in [-0.05, 0) is 32.4 Å². The molecule has 0 radical (unpaired) electrons. The van der Waals surface area contributed by atoms with Gasteiger partial charge in [-0.3, -0.25) is 4.79 Å². The molecule has 0 saturated carbocycles. The van der Waals surface area contributed by atoms with Crippen molar-refractivity contribution >= 4 is 22.4 Å². The lowest BCUT2D eigenvalue weighted by Crippen LogP contribution is -2.36. The molecule has 0 aliphatic carbocycles. The van der Waals surface area contributed by atoms with E-state index in [4.69, 9.17) is 0 Å². The van der Waals surface area contributed by atoms with Crippen LogP contribution in [0.4, 0.5) is 5.13 Å². The topological polar surface area (TPSA) is 45.2 Å². The van der Waals surface area contributed by atoms with Crippen LogP contribution in [0.2, 0.25) is 0 Å². The van der Waals surface area contributed by atoms with Crippen LogP contribution in [-0.2, 0) is 4.79 Å². The molecule has 1 aromatic heterocycles. The molecule has 1 amide bonds. The van der Waals surface area contributed by atoms with E-state index < -0.39 is 0 Å². The minimum atomic E-state index is -0.215. The summed E-state index contributed by atoms with van der Waals surface area (Å²) >= 11 is 1.65. The van der Waals surface area contributed by atoms with Gasteiger partial charge in [-0.2, -0.15) is 0 Å². The number of benzene rings is 1. The van der Waals surface area contributed by atoms with Gasteiger partial charge < -0.3 is 10.2 Å². The monoisotopic (exact) mass is 325 g/mol. The predicted octanol–water partition coefficient (Wildman–Crippen LogP) is 2.51. The van der Waals surface area contributed by atoms with Crippen molar-refractivity contribution in [1.82, 2.24) is 10.3 Å². The molecule has 2 aromatic rings. The largest absolute Gasteiger partial charge is 0.346 e. The Hall–Kier alpha value is -2.32. The Labute approximate surface area is 140 Å². The molecule has 118 valence electrons. The van der Waals surface area contributed by atoms with Gasteiger partial charge in [-0.25, -0.2) is 4.98 Å². The van der Waals surface area contributed by atoms with Gasteiger partial charge in [-0.1, -0.05) is 23.6 Å². The van der Waals surface area contributed by atoms with Gasteiger partial charge in [0.2, 0.25) is 0 Å². The molecular formula is C18H19N3OS. The number of carbonyl (C=O) groups is 1. The lowest BCUT2D eigenvalue weighted by molar-refractivity contribution is -0.116. The van der Waals surface area contributed by atoms with E-state index in [-0.39, 0.29) is 11.9 Å². The summed E-state index contributed by atoms with van der Waals surface area (Å²) in [6.45, 7) is 5.74. The third kappa shape index (κ3) is 4.11. The van der Waals surface area contributed by atoms with Gasteiger partial charge in [0.05, 0.1) is 5.69 Å². The zero-order valence-corrected chi connectivity index (χ0v) is 14.1. The first-order chi connectivity index (χ1) is 11.1. The number of nitrogens with one attached hydrogen (secondary N) is 1. The second kappa shape index (κ2) is 6.84. The number of aromatic nitrogens is 1. The van der Waals surface area contributed by atoms with Gasteiger partial charge in [0.25, 0.3) is 5.91 Å². The average Bonchev–Trinajstić information content (AvgIpc) is 3.16. The minimum absolute atomic E-state index is 0.138. The number of rotatable bonds is 2. The van der Waals surface area contributed by atoms with Crippen molar-refractivity contribution in [2.45, 2.75) is 26.3 Å². The predicted molar refractivity (Wildman–Crippen MR) is 93.7 cm³/mol. The Morgan fingerprint density at radius 2 is 2.13 bits per heavy atom. The Kier molecular flexibility index (Phi) is 4.63. The Morgan fingerprint density at radius 1 is 1.35 bits per heavy atom. The number of amides is 1. The van der Waals surface area contributed by atoms with Crippen molar-refractivity contribution in [2.24, 2.45) is 0 Å². The van der Waals surface area contributed by atoms with Crippen LogP contribution in [0.3, 0.4) is 0 Å². The van der Waals surface area contributed by atoms with Crippen LogP contribution in [-0.4, -0.2) is 30.0 Å². The van der Waals surface area contributed by atoms with Crippen molar-refractivity contribution in [3.63, 3.8) is 0 Å². The molecule has 0 spiro atoms. The van der Waals surface area contributed by atoms with Crippen LogP contribution < -0.4 is 10.2 Å². The van der Waals surface area contributed by atoms with E-state index in [1.165, 1.54) is 5.56 Å². The highest BCUT2D eigenvalue weighted by molar-refractivity contribution is 7.13. The van der Waals surface area contributed by atoms with E-state index in [0.29, 0.717) is 0 Å². The van der Waals surface area contributed by atoms with Gasteiger partial charge in [0.1, 0.15) is 0 Å². The summed E-state index contributed by atoms with van der Waals surface area (Å²) in [5.41, 5.74) is 3.09. The number of thiazole rings is 1. The normalized spacial score (nSPS) is 16.8. The summed E-state index contributed by atoms with van der Waals surface area (Å²) in [6, 6.07) is 7.98. The van der Waals surface area contributed by atoms with E-state index in [1.54, 1.807) is 11.3 Å². The molecule has 1 atom stereocenters. The summed E-state index contributed by atoms with van der Waals surface area (Å²) in [5.74, 6) is 5.36. The van der Waals surface area contributed by atoms with Crippen LogP contribution in [0, 0.1) is 25.7 Å². The maximum absolute atomic E-state index is 12.0. The molecule has 1 aliphatic rings. The second-order valence-corrected chi connectivity index (χ2v) is 6.63. The minimum Gasteiger partial charge on any atom is -0.346 e. The van der Waals surface area contributed by atoms with Crippen molar-refractivity contribution in [1.29, 1.82) is 0 Å². The molecule has 0 bridgehead atoms. The van der Waals surface area contributed by atoms with E-state index in [1.807, 2.05) is 43.5 Å². The summed E-state index contributed by atoms with van der Waals surface area (Å²) in [6.07, 6.45) is 0.927. The van der Waals surface area contributed by atoms with Crippen molar-refractivity contribution in [3.05, 3.63) is 46.5 Å². The third-order valence-corrected chi connectivity index (χ3v) is 4.79. The van der Waals surface area contributed by atoms with Crippen LogP contribution in [0.15, 0.2) is 29.6 Å². The van der Waals surface area contributed by atoms with Crippen LogP contribution >= 0.6 is 11.3 Å². The fourth-order valence-electron chi connectivity index (χ4n) is 2.53. The molecule has 1 saturated heterocycles. The zero-order valence-electron chi connectivity index (χ0n) is 13.3. The molecule has 1 aromatic carbocycles. The van der Waals surface area contributed by atoms with E-state index in [2.05, 4.69) is 27.0 Å². The molecule has 1 N–H and O–H groups in total. The first kappa shape index (κ1) is 15.6. The molecule has 1 unspecified atom stereocenters. The summed E-state index contributed by atoms with van der Waals surface area (Å²) in [7, 11) is 0. The van der Waals surface area contributed by atoms with Crippen LogP contribution in [0.5, 0.6) is 0 Å². The number of nitrogens with zero attached hydrogens (tertiary/aromatic N) is 2. The second-order valence-electron chi connectivity index (χ2n) is 5.79. The fourth-order valence-corrected chi connectivity index (χ4v) is 3.37. The quantitative estimate of drug-likeness (QED) is 0.863. The highest BCUT2D eigenvalue weighted by atomic mass is 32.1. The van der Waals surface area contributed by atoms with Crippen molar-refractivity contribution in [2.75, 3.05) is 18.0 Å². The smallest absolute Gasteiger partial charge is 0.296 e. The zero-order chi connectivity index (χ0) is 16.2. The maximum atomic E-state index is 12.0. The van der Waals surface area contributed by atoms with Crippen LogP contribution in [0.1, 0.15) is 23.2 Å². The lowest BCUT2D eigenvalue weighted by atomic mass is 10.1. The van der Waals surface area contributed by atoms with E-state index in [0.717, 1.165) is 35.9 Å². The van der Waals surface area contributed by atoms with E-state index >= 15 is 0 Å². The molecule has 23 heavy (non-hydrogen) atoms. The highest BCUT2D eigenvalue weighted by Crippen LogP contribution is 2.24. The number of hydrogen-bond donors (Lipinski definition) is 1. The van der Waals surface area contributed by atoms with Gasteiger partial charge >= 0.3 is 0 Å². The standard InChI is InChI=1S/C18H19N3OS/c1-13-3-5-15(6-4-13)7-8-17(22)20-16-9-10-21(11-16)18-19-14(2)12-23-18/h3-6,12,16H,9-11H2,1-2H3,(H,20,22). The Balaban J connectivity index is 1.54. The van der Waals surface area contributed by atoms with Crippen molar-refractivity contribution in [3.8, 4) is 11.8 Å². The number of aryl methyl sites for hydroxylation is 2. The molecular weight excluding hydrogens is 306 g/mol. The molecule has 3 rings (SSSR count). The number of anilines is 1. The lowest BCUT2D eigenvalue weighted by Gasteiger charge is -2.14. The maximum Gasteiger partial charge on any atom is 0.296 e. The first-order valence-corrected chi connectivity index (χ1v) is 8.54. The highest BCUT2D eigenvalue weighted by Gasteiger charge is 2.25. The molecule has 5 heteroatoms. The SMILES string of the molecule is Cc1ccc(C#CC(=O)NC2CCN(c3nc(C)cs3)C2)cc1. The number of carbonyl (C=O) groups excluding carboxylic acids is 1. The van der Waals surface area contributed by atoms with Gasteiger partial charge in [0.15, 0.2) is 5.13 Å². The molecule has 2 heterocycles. The van der Waals surface area contributed by atoms with Crippen molar-refractivity contribution < 1.29 is 4.79 Å². The Bertz CT molecular complexity index is 755. The van der Waals surface area contributed by atoms with Gasteiger partial charge in [-0.15, -0.1) is 11.3 Å². The third-order valence-electron chi connectivity index (χ3n) is 3.77. The fraction of sp³-hybridized carbons (Fsp3) is 0.333. The van der Waals surface area contributed by atoms with E-state index in [9.17, 15) is 4.79 Å². The first-order valence-electron chi connectivity index (χ1n) is 7.66. The molecule has 1 fully saturated rings. The van der Waals surface area contributed by atoms with Gasteiger partial charge in [0, 0.05) is 36.0 Å². The average molecular weight is 325 g/mol. The summed E-state index contributed by atoms with van der Waals surface area (Å²) in [5, 5.41) is 6.07. The summed E-state index contributed by atoms with van der Waals surface area (Å²) in [4.78, 5) is 18.7. The molecule has 1 aliphatic heterocycles. The molecule has 4 nitrogen and oxygen atoms in total. The summed E-state index contributed by atoms with van der Waals surface area (Å²) < 4.78 is 0. The number of hydrogen-bond acceptors (Lipinski definition) is 4. The Morgan fingerprint density at radius 3 is 2.83 bits per heavy atom.